The fourth-order valence-corrected chi connectivity index (χ4v) is 3.27. The second-order valence-electron chi connectivity index (χ2n) is 7.36. The summed E-state index contributed by atoms with van der Waals surface area (Å²) in [5.74, 6) is 2.32. The van der Waals surface area contributed by atoms with E-state index < -0.39 is 0 Å². The standard InChI is InChI=1S/C23H34N4O2/c1-17-8-10-18(11-9-17)16-27(5)23(24-2)25-15-20(26(3)4)19-12-13-21(28-6)22(14-19)29-7/h8-14,20H,15-16H2,1-7H3,(H,24,25). The van der Waals surface area contributed by atoms with Gasteiger partial charge in [0.15, 0.2) is 17.5 Å². The molecule has 0 spiro atoms. The van der Waals surface area contributed by atoms with Crippen molar-refractivity contribution in [3.8, 4) is 11.5 Å². The van der Waals surface area contributed by atoms with Crippen LogP contribution in [0.3, 0.4) is 0 Å². The third kappa shape index (κ3) is 6.12. The molecule has 1 atom stereocenters. The van der Waals surface area contributed by atoms with Gasteiger partial charge in [0.1, 0.15) is 0 Å². The molecule has 2 rings (SSSR count). The third-order valence-electron chi connectivity index (χ3n) is 4.98. The summed E-state index contributed by atoms with van der Waals surface area (Å²) in [7, 11) is 11.3. The number of nitrogens with one attached hydrogen (secondary N) is 1. The van der Waals surface area contributed by atoms with E-state index in [0.29, 0.717) is 6.54 Å². The van der Waals surface area contributed by atoms with Crippen LogP contribution >= 0.6 is 0 Å². The fraction of sp³-hybridized carbons (Fsp3) is 0.435. The summed E-state index contributed by atoms with van der Waals surface area (Å²) in [5, 5.41) is 3.51. The highest BCUT2D eigenvalue weighted by molar-refractivity contribution is 5.79. The minimum absolute atomic E-state index is 0.152. The van der Waals surface area contributed by atoms with E-state index in [0.717, 1.165) is 29.6 Å². The van der Waals surface area contributed by atoms with Crippen LogP contribution < -0.4 is 14.8 Å². The Kier molecular flexibility index (Phi) is 8.34. The molecule has 0 fully saturated rings. The highest BCUT2D eigenvalue weighted by Gasteiger charge is 2.18. The molecule has 0 amide bonds. The quantitative estimate of drug-likeness (QED) is 0.546. The molecule has 0 aliphatic carbocycles. The van der Waals surface area contributed by atoms with Gasteiger partial charge < -0.3 is 24.6 Å². The molecule has 0 heterocycles. The van der Waals surface area contributed by atoms with Crippen molar-refractivity contribution in [3.63, 3.8) is 0 Å². The molecule has 0 saturated heterocycles. The van der Waals surface area contributed by atoms with E-state index in [2.05, 4.69) is 78.5 Å². The van der Waals surface area contributed by atoms with Gasteiger partial charge in [-0.1, -0.05) is 35.9 Å². The summed E-state index contributed by atoms with van der Waals surface area (Å²) < 4.78 is 10.8. The van der Waals surface area contributed by atoms with Crippen molar-refractivity contribution in [2.24, 2.45) is 4.99 Å². The van der Waals surface area contributed by atoms with Crippen LogP contribution in [0, 0.1) is 6.92 Å². The predicted molar refractivity (Wildman–Crippen MR) is 120 cm³/mol. The van der Waals surface area contributed by atoms with Crippen molar-refractivity contribution in [2.75, 3.05) is 49.0 Å². The summed E-state index contributed by atoms with van der Waals surface area (Å²) in [6.07, 6.45) is 0. The minimum Gasteiger partial charge on any atom is -0.493 e. The molecule has 2 aromatic rings. The number of hydrogen-bond donors (Lipinski definition) is 1. The van der Waals surface area contributed by atoms with E-state index in [-0.39, 0.29) is 6.04 Å². The molecular weight excluding hydrogens is 364 g/mol. The largest absolute Gasteiger partial charge is 0.493 e. The van der Waals surface area contributed by atoms with Gasteiger partial charge in [-0.3, -0.25) is 4.99 Å². The number of methoxy groups -OCH3 is 2. The number of ether oxygens (including phenoxy) is 2. The zero-order valence-corrected chi connectivity index (χ0v) is 18.7. The molecule has 2 aromatic carbocycles. The van der Waals surface area contributed by atoms with Crippen LogP contribution in [0.2, 0.25) is 0 Å². The van der Waals surface area contributed by atoms with Gasteiger partial charge in [0.25, 0.3) is 0 Å². The molecule has 1 unspecified atom stereocenters. The van der Waals surface area contributed by atoms with Gasteiger partial charge in [0, 0.05) is 27.2 Å². The topological polar surface area (TPSA) is 49.3 Å². The zero-order chi connectivity index (χ0) is 21.4. The maximum Gasteiger partial charge on any atom is 0.193 e. The van der Waals surface area contributed by atoms with E-state index in [1.54, 1.807) is 14.2 Å². The number of likely N-dealkylation sites (N-methyl/N-ethyl adjacent to an activating group) is 1. The molecule has 29 heavy (non-hydrogen) atoms. The van der Waals surface area contributed by atoms with E-state index in [4.69, 9.17) is 9.47 Å². The lowest BCUT2D eigenvalue weighted by atomic mass is 10.1. The Morgan fingerprint density at radius 2 is 1.66 bits per heavy atom. The van der Waals surface area contributed by atoms with E-state index in [1.165, 1.54) is 11.1 Å². The van der Waals surface area contributed by atoms with Gasteiger partial charge in [-0.2, -0.15) is 0 Å². The first-order valence-electron chi connectivity index (χ1n) is 9.75. The lowest BCUT2D eigenvalue weighted by molar-refractivity contribution is 0.293. The van der Waals surface area contributed by atoms with Crippen LogP contribution in [0.1, 0.15) is 22.7 Å². The van der Waals surface area contributed by atoms with Crippen LogP contribution in [0.4, 0.5) is 0 Å². The lowest BCUT2D eigenvalue weighted by Gasteiger charge is -2.29. The maximum atomic E-state index is 5.47. The molecule has 6 heteroatoms. The fourth-order valence-electron chi connectivity index (χ4n) is 3.27. The molecule has 1 N–H and O–H groups in total. The average molecular weight is 399 g/mol. The number of guanidine groups is 1. The SMILES string of the molecule is CN=C(NCC(c1ccc(OC)c(OC)c1)N(C)C)N(C)Cc1ccc(C)cc1. The average Bonchev–Trinajstić information content (AvgIpc) is 2.72. The van der Waals surface area contributed by atoms with Gasteiger partial charge in [-0.15, -0.1) is 0 Å². The molecule has 158 valence electrons. The third-order valence-corrected chi connectivity index (χ3v) is 4.98. The number of nitrogens with zero attached hydrogens (tertiary/aromatic N) is 3. The highest BCUT2D eigenvalue weighted by atomic mass is 16.5. The van der Waals surface area contributed by atoms with Gasteiger partial charge in [0.05, 0.1) is 20.3 Å². The molecule has 0 saturated carbocycles. The Morgan fingerprint density at radius 1 is 1.00 bits per heavy atom. The second kappa shape index (κ2) is 10.7. The van der Waals surface area contributed by atoms with Crippen molar-refractivity contribution < 1.29 is 9.47 Å². The van der Waals surface area contributed by atoms with E-state index in [1.807, 2.05) is 19.2 Å². The molecule has 6 nitrogen and oxygen atoms in total. The highest BCUT2D eigenvalue weighted by Crippen LogP contribution is 2.31. The molecule has 0 aliphatic heterocycles. The van der Waals surface area contributed by atoms with Crippen molar-refractivity contribution in [1.29, 1.82) is 0 Å². The molecule has 0 aromatic heterocycles. The Bertz CT molecular complexity index is 803. The summed E-state index contributed by atoms with van der Waals surface area (Å²) in [6.45, 7) is 3.61. The Balaban J connectivity index is 2.09. The monoisotopic (exact) mass is 398 g/mol. The van der Waals surface area contributed by atoms with Crippen LogP contribution in [-0.4, -0.2) is 64.7 Å². The van der Waals surface area contributed by atoms with Crippen LogP contribution in [0.15, 0.2) is 47.5 Å². The Labute approximate surface area is 175 Å². The molecular formula is C23H34N4O2. The molecule has 0 aliphatic rings. The number of aryl methyl sites for hydroxylation is 1. The summed E-state index contributed by atoms with van der Waals surface area (Å²) >= 11 is 0. The van der Waals surface area contributed by atoms with Crippen molar-refractivity contribution in [3.05, 3.63) is 59.2 Å². The Hall–Kier alpha value is -2.73. The van der Waals surface area contributed by atoms with E-state index >= 15 is 0 Å². The summed E-state index contributed by atoms with van der Waals surface area (Å²) in [5.41, 5.74) is 3.67. The van der Waals surface area contributed by atoms with E-state index in [9.17, 15) is 0 Å². The van der Waals surface area contributed by atoms with Crippen molar-refractivity contribution >= 4 is 5.96 Å². The second-order valence-corrected chi connectivity index (χ2v) is 7.36. The lowest BCUT2D eigenvalue weighted by Crippen LogP contribution is -2.42. The number of rotatable bonds is 8. The van der Waals surface area contributed by atoms with Gasteiger partial charge >= 0.3 is 0 Å². The normalized spacial score (nSPS) is 12.6. The first-order valence-corrected chi connectivity index (χ1v) is 9.75. The first kappa shape index (κ1) is 22.6. The van der Waals surface area contributed by atoms with Crippen molar-refractivity contribution in [1.82, 2.24) is 15.1 Å². The number of hydrogen-bond acceptors (Lipinski definition) is 4. The van der Waals surface area contributed by atoms with Crippen LogP contribution in [0.5, 0.6) is 11.5 Å². The summed E-state index contributed by atoms with van der Waals surface area (Å²) in [6, 6.07) is 14.8. The van der Waals surface area contributed by atoms with Gasteiger partial charge in [-0.25, -0.2) is 0 Å². The Morgan fingerprint density at radius 3 is 2.21 bits per heavy atom. The summed E-state index contributed by atoms with van der Waals surface area (Å²) in [4.78, 5) is 8.77. The maximum absolute atomic E-state index is 5.47. The predicted octanol–water partition coefficient (Wildman–Crippen LogP) is 3.32. The number of aliphatic imine (C=N–C) groups is 1. The first-order chi connectivity index (χ1) is 13.9. The molecule has 0 radical (unpaired) electrons. The minimum atomic E-state index is 0.152. The smallest absolute Gasteiger partial charge is 0.193 e. The van der Waals surface area contributed by atoms with Crippen molar-refractivity contribution in [2.45, 2.75) is 19.5 Å². The van der Waals surface area contributed by atoms with Gasteiger partial charge in [-0.05, 0) is 44.3 Å². The zero-order valence-electron chi connectivity index (χ0n) is 18.7. The molecule has 0 bridgehead atoms. The van der Waals surface area contributed by atoms with Crippen LogP contribution in [-0.2, 0) is 6.54 Å². The number of benzene rings is 2. The van der Waals surface area contributed by atoms with Crippen LogP contribution in [0.25, 0.3) is 0 Å². The van der Waals surface area contributed by atoms with Gasteiger partial charge in [0.2, 0.25) is 0 Å².